The van der Waals surface area contributed by atoms with Gasteiger partial charge in [0.15, 0.2) is 0 Å². The quantitative estimate of drug-likeness (QED) is 0.292. The number of fused-ring (bicyclic) bond motifs is 2. The number of carbonyl (C=O) groups excluding carboxylic acids is 1. The lowest BCUT2D eigenvalue weighted by Crippen LogP contribution is -2.28. The van der Waals surface area contributed by atoms with Crippen LogP contribution in [0.15, 0.2) is 89.5 Å². The predicted octanol–water partition coefficient (Wildman–Crippen LogP) is 6.20. The van der Waals surface area contributed by atoms with Crippen molar-refractivity contribution in [2.45, 2.75) is 12.6 Å². The minimum absolute atomic E-state index is 0.0107. The number of aryl methyl sites for hydroxylation is 1. The lowest BCUT2D eigenvalue weighted by Gasteiger charge is -2.26. The van der Waals surface area contributed by atoms with E-state index in [4.69, 9.17) is 13.9 Å². The minimum atomic E-state index is -0.309. The van der Waals surface area contributed by atoms with Crippen molar-refractivity contribution in [1.82, 2.24) is 9.47 Å². The molecule has 1 unspecified atom stereocenters. The number of hydrogen-bond donors (Lipinski definition) is 0. The fraction of sp³-hybridized carbons (Fsp3) is 0.167. The van der Waals surface area contributed by atoms with E-state index in [1.54, 1.807) is 20.5 Å². The standard InChI is InChI=1S/C30H26N2O4/c1-31-25-13-7-6-12-23(25)27(28(31)24-17-19(34-2)14-15-26(24)35-3)29-21-10-4-5-11-22(21)30(33)32(29)18-20-9-8-16-36-20/h4-17,29H,18H2,1-3H3. The Morgan fingerprint density at radius 2 is 1.69 bits per heavy atom. The predicted molar refractivity (Wildman–Crippen MR) is 138 cm³/mol. The molecule has 0 aliphatic carbocycles. The van der Waals surface area contributed by atoms with Crippen molar-refractivity contribution in [3.05, 3.63) is 108 Å². The Labute approximate surface area is 209 Å². The van der Waals surface area contributed by atoms with E-state index in [0.29, 0.717) is 12.1 Å². The van der Waals surface area contributed by atoms with E-state index in [-0.39, 0.29) is 11.9 Å². The fourth-order valence-corrected chi connectivity index (χ4v) is 5.44. The molecule has 1 aliphatic rings. The molecular formula is C30H26N2O4. The van der Waals surface area contributed by atoms with Crippen molar-refractivity contribution in [2.24, 2.45) is 7.05 Å². The first-order valence-corrected chi connectivity index (χ1v) is 11.8. The summed E-state index contributed by atoms with van der Waals surface area (Å²) in [5.74, 6) is 2.20. The minimum Gasteiger partial charge on any atom is -0.497 e. The zero-order valence-electron chi connectivity index (χ0n) is 20.4. The summed E-state index contributed by atoms with van der Waals surface area (Å²) < 4.78 is 19.2. The molecule has 6 rings (SSSR count). The zero-order valence-corrected chi connectivity index (χ0v) is 20.4. The Morgan fingerprint density at radius 3 is 2.47 bits per heavy atom. The van der Waals surface area contributed by atoms with E-state index in [0.717, 1.165) is 50.5 Å². The molecule has 0 saturated carbocycles. The summed E-state index contributed by atoms with van der Waals surface area (Å²) in [5.41, 5.74) is 5.69. The van der Waals surface area contributed by atoms with Gasteiger partial charge in [0, 0.05) is 34.6 Å². The Balaban J connectivity index is 1.67. The van der Waals surface area contributed by atoms with Crippen LogP contribution in [0.25, 0.3) is 22.2 Å². The smallest absolute Gasteiger partial charge is 0.255 e. The van der Waals surface area contributed by atoms with E-state index >= 15 is 0 Å². The number of amides is 1. The van der Waals surface area contributed by atoms with Crippen molar-refractivity contribution in [1.29, 1.82) is 0 Å². The van der Waals surface area contributed by atoms with Gasteiger partial charge < -0.3 is 23.4 Å². The number of rotatable bonds is 6. The van der Waals surface area contributed by atoms with E-state index < -0.39 is 0 Å². The van der Waals surface area contributed by atoms with Gasteiger partial charge in [-0.3, -0.25) is 4.79 Å². The van der Waals surface area contributed by atoms with Crippen LogP contribution in [0.3, 0.4) is 0 Å². The van der Waals surface area contributed by atoms with Gasteiger partial charge in [-0.05, 0) is 48.0 Å². The second-order valence-corrected chi connectivity index (χ2v) is 8.91. The molecule has 6 heteroatoms. The van der Waals surface area contributed by atoms with Crippen LogP contribution in [-0.2, 0) is 13.6 Å². The first-order valence-electron chi connectivity index (χ1n) is 11.8. The van der Waals surface area contributed by atoms with Gasteiger partial charge in [-0.15, -0.1) is 0 Å². The summed E-state index contributed by atoms with van der Waals surface area (Å²) in [7, 11) is 5.38. The van der Waals surface area contributed by atoms with Gasteiger partial charge in [0.05, 0.1) is 38.8 Å². The Kier molecular flexibility index (Phi) is 5.29. The second-order valence-electron chi connectivity index (χ2n) is 8.91. The van der Waals surface area contributed by atoms with Crippen LogP contribution in [0, 0.1) is 0 Å². The van der Waals surface area contributed by atoms with Crippen LogP contribution < -0.4 is 9.47 Å². The molecule has 1 aliphatic heterocycles. The first kappa shape index (κ1) is 22.0. The summed E-state index contributed by atoms with van der Waals surface area (Å²) in [6.07, 6.45) is 1.64. The number of hydrogen-bond acceptors (Lipinski definition) is 4. The maximum absolute atomic E-state index is 13.8. The zero-order chi connectivity index (χ0) is 24.8. The molecule has 2 aromatic heterocycles. The van der Waals surface area contributed by atoms with Crippen LogP contribution in [0.4, 0.5) is 0 Å². The molecule has 0 saturated heterocycles. The van der Waals surface area contributed by atoms with Crippen molar-refractivity contribution in [2.75, 3.05) is 14.2 Å². The first-order chi connectivity index (χ1) is 17.6. The van der Waals surface area contributed by atoms with E-state index in [1.165, 1.54) is 0 Å². The van der Waals surface area contributed by atoms with E-state index in [1.807, 2.05) is 71.6 Å². The average Bonchev–Trinajstić information content (AvgIpc) is 3.61. The Hall–Kier alpha value is -4.45. The third-order valence-corrected chi connectivity index (χ3v) is 7.05. The number of methoxy groups -OCH3 is 2. The molecule has 1 amide bonds. The number of benzene rings is 3. The highest BCUT2D eigenvalue weighted by atomic mass is 16.5. The van der Waals surface area contributed by atoms with E-state index in [9.17, 15) is 4.79 Å². The molecule has 36 heavy (non-hydrogen) atoms. The lowest BCUT2D eigenvalue weighted by molar-refractivity contribution is 0.0724. The van der Waals surface area contributed by atoms with Crippen molar-refractivity contribution in [3.63, 3.8) is 0 Å². The topological polar surface area (TPSA) is 56.8 Å². The van der Waals surface area contributed by atoms with Crippen molar-refractivity contribution in [3.8, 4) is 22.8 Å². The van der Waals surface area contributed by atoms with Gasteiger partial charge in [-0.2, -0.15) is 0 Å². The molecule has 3 aromatic carbocycles. The van der Waals surface area contributed by atoms with Gasteiger partial charge in [-0.1, -0.05) is 36.4 Å². The molecule has 0 spiro atoms. The molecule has 3 heterocycles. The summed E-state index contributed by atoms with van der Waals surface area (Å²) in [6.45, 7) is 0.364. The summed E-state index contributed by atoms with van der Waals surface area (Å²) in [6, 6.07) is 25.4. The van der Waals surface area contributed by atoms with Gasteiger partial charge in [0.2, 0.25) is 0 Å². The number of aromatic nitrogens is 1. The molecule has 0 radical (unpaired) electrons. The summed E-state index contributed by atoms with van der Waals surface area (Å²) in [4.78, 5) is 15.7. The van der Waals surface area contributed by atoms with Gasteiger partial charge in [-0.25, -0.2) is 0 Å². The molecule has 1 atom stereocenters. The third kappa shape index (κ3) is 3.29. The van der Waals surface area contributed by atoms with Crippen LogP contribution in [0.2, 0.25) is 0 Å². The highest BCUT2D eigenvalue weighted by Crippen LogP contribution is 2.48. The molecule has 5 aromatic rings. The highest BCUT2D eigenvalue weighted by Gasteiger charge is 2.41. The summed E-state index contributed by atoms with van der Waals surface area (Å²) >= 11 is 0. The lowest BCUT2D eigenvalue weighted by atomic mass is 9.92. The number of carbonyl (C=O) groups is 1. The molecule has 0 fully saturated rings. The molecular weight excluding hydrogens is 452 g/mol. The van der Waals surface area contributed by atoms with Crippen LogP contribution in [-0.4, -0.2) is 29.6 Å². The second kappa shape index (κ2) is 8.64. The SMILES string of the molecule is COc1ccc(OC)c(-c2c(C3c4ccccc4C(=O)N3Cc3ccco3)c3ccccc3n2C)c1. The Bertz CT molecular complexity index is 1580. The average molecular weight is 479 g/mol. The number of furan rings is 1. The molecule has 0 N–H and O–H groups in total. The van der Waals surface area contributed by atoms with Gasteiger partial charge in [0.1, 0.15) is 17.3 Å². The molecule has 0 bridgehead atoms. The molecule has 6 nitrogen and oxygen atoms in total. The number of para-hydroxylation sites is 1. The third-order valence-electron chi connectivity index (χ3n) is 7.05. The summed E-state index contributed by atoms with van der Waals surface area (Å²) in [5, 5.41) is 1.08. The maximum atomic E-state index is 13.8. The monoisotopic (exact) mass is 478 g/mol. The van der Waals surface area contributed by atoms with Crippen molar-refractivity contribution < 1.29 is 18.7 Å². The largest absolute Gasteiger partial charge is 0.497 e. The fourth-order valence-electron chi connectivity index (χ4n) is 5.44. The molecule has 180 valence electrons. The number of ether oxygens (including phenoxy) is 2. The normalized spacial score (nSPS) is 14.9. The van der Waals surface area contributed by atoms with Crippen molar-refractivity contribution >= 4 is 16.8 Å². The number of nitrogens with zero attached hydrogens (tertiary/aromatic N) is 2. The van der Waals surface area contributed by atoms with Gasteiger partial charge in [0.25, 0.3) is 5.91 Å². The van der Waals surface area contributed by atoms with Gasteiger partial charge >= 0.3 is 0 Å². The van der Waals surface area contributed by atoms with Crippen LogP contribution in [0.1, 0.15) is 33.3 Å². The Morgan fingerprint density at radius 1 is 0.889 bits per heavy atom. The van der Waals surface area contributed by atoms with Crippen LogP contribution >= 0.6 is 0 Å². The van der Waals surface area contributed by atoms with E-state index in [2.05, 4.69) is 23.7 Å². The van der Waals surface area contributed by atoms with Crippen LogP contribution in [0.5, 0.6) is 11.5 Å². The highest BCUT2D eigenvalue weighted by molar-refractivity contribution is 6.02. The maximum Gasteiger partial charge on any atom is 0.255 e.